The Morgan fingerprint density at radius 1 is 1.21 bits per heavy atom. The van der Waals surface area contributed by atoms with Crippen LogP contribution in [-0.4, -0.2) is 33.7 Å². The lowest BCUT2D eigenvalue weighted by Crippen LogP contribution is -2.40. The average Bonchev–Trinajstić information content (AvgIpc) is 2.53. The van der Waals surface area contributed by atoms with Crippen LogP contribution in [0.5, 0.6) is 0 Å². The molecule has 1 saturated carbocycles. The van der Waals surface area contributed by atoms with Crippen LogP contribution in [0.25, 0.3) is 0 Å². The largest absolute Gasteiger partial charge is 0.354 e. The van der Waals surface area contributed by atoms with Gasteiger partial charge in [-0.3, -0.25) is 9.10 Å². The van der Waals surface area contributed by atoms with Gasteiger partial charge in [0.25, 0.3) is 0 Å². The summed E-state index contributed by atoms with van der Waals surface area (Å²) in [7, 11) is -3.40. The van der Waals surface area contributed by atoms with Gasteiger partial charge in [-0.05, 0) is 43.9 Å². The van der Waals surface area contributed by atoms with Crippen LogP contribution < -0.4 is 9.62 Å². The van der Waals surface area contributed by atoms with E-state index < -0.39 is 10.0 Å². The maximum atomic E-state index is 12.2. The quantitative estimate of drug-likeness (QED) is 0.856. The Kier molecular flexibility index (Phi) is 6.27. The van der Waals surface area contributed by atoms with Gasteiger partial charge in [0.1, 0.15) is 0 Å². The van der Waals surface area contributed by atoms with Gasteiger partial charge < -0.3 is 5.32 Å². The minimum Gasteiger partial charge on any atom is -0.354 e. The molecule has 0 spiro atoms. The Morgan fingerprint density at radius 3 is 2.50 bits per heavy atom. The number of amides is 1. The molecule has 134 valence electrons. The van der Waals surface area contributed by atoms with Crippen molar-refractivity contribution in [2.24, 2.45) is 5.92 Å². The highest BCUT2D eigenvalue weighted by atomic mass is 32.2. The van der Waals surface area contributed by atoms with Crippen molar-refractivity contribution in [3.8, 4) is 0 Å². The van der Waals surface area contributed by atoms with Crippen LogP contribution in [0, 0.1) is 19.8 Å². The second-order valence-electron chi connectivity index (χ2n) is 6.75. The third kappa shape index (κ3) is 4.97. The molecule has 0 heterocycles. The minimum absolute atomic E-state index is 0.0594. The van der Waals surface area contributed by atoms with E-state index >= 15 is 0 Å². The fourth-order valence-corrected chi connectivity index (χ4v) is 4.22. The van der Waals surface area contributed by atoms with Crippen LogP contribution in [0.1, 0.15) is 43.2 Å². The van der Waals surface area contributed by atoms with Crippen molar-refractivity contribution < 1.29 is 13.2 Å². The number of hydrogen-bond donors (Lipinski definition) is 1. The summed E-state index contributed by atoms with van der Waals surface area (Å²) in [6, 6.07) is 5.76. The van der Waals surface area contributed by atoms with E-state index in [2.05, 4.69) is 5.32 Å². The summed E-state index contributed by atoms with van der Waals surface area (Å²) in [4.78, 5) is 12.2. The lowest BCUT2D eigenvalue weighted by Gasteiger charge is -2.26. The molecule has 0 aliphatic heterocycles. The molecule has 1 fully saturated rings. The number of carbonyl (C=O) groups is 1. The van der Waals surface area contributed by atoms with E-state index in [1.54, 1.807) is 0 Å². The molecule has 5 nitrogen and oxygen atoms in total. The molecule has 0 bridgehead atoms. The summed E-state index contributed by atoms with van der Waals surface area (Å²) < 4.78 is 25.8. The van der Waals surface area contributed by atoms with E-state index in [1.807, 2.05) is 32.0 Å². The molecule has 1 N–H and O–H groups in total. The maximum Gasteiger partial charge on any atom is 0.232 e. The molecule has 1 aromatic rings. The lowest BCUT2D eigenvalue weighted by molar-refractivity contribution is -0.125. The molecule has 0 atom stereocenters. The van der Waals surface area contributed by atoms with Gasteiger partial charge in [-0.25, -0.2) is 8.42 Å². The molecule has 24 heavy (non-hydrogen) atoms. The molecule has 0 aromatic heterocycles. The van der Waals surface area contributed by atoms with E-state index in [0.29, 0.717) is 12.2 Å². The SMILES string of the molecule is Cc1ccc(C)c(N(CCNC(=O)C2CCCCC2)S(C)(=O)=O)c1. The lowest BCUT2D eigenvalue weighted by atomic mass is 9.89. The number of anilines is 1. The monoisotopic (exact) mass is 352 g/mol. The molecule has 0 unspecified atom stereocenters. The molecule has 1 aliphatic rings. The van der Waals surface area contributed by atoms with E-state index in [1.165, 1.54) is 17.0 Å². The third-order valence-electron chi connectivity index (χ3n) is 4.62. The van der Waals surface area contributed by atoms with Crippen LogP contribution in [0.15, 0.2) is 18.2 Å². The van der Waals surface area contributed by atoms with Gasteiger partial charge in [-0.2, -0.15) is 0 Å². The predicted octanol–water partition coefficient (Wildman–Crippen LogP) is 2.77. The molecular weight excluding hydrogens is 324 g/mol. The molecule has 1 aromatic carbocycles. The maximum absolute atomic E-state index is 12.2. The first-order valence-corrected chi connectivity index (χ1v) is 10.5. The topological polar surface area (TPSA) is 66.5 Å². The summed E-state index contributed by atoms with van der Waals surface area (Å²) in [5.74, 6) is 0.148. The standard InChI is InChI=1S/C18H28N2O3S/c1-14-9-10-15(2)17(13-14)20(24(3,22)23)12-11-19-18(21)16-7-5-4-6-8-16/h9-10,13,16H,4-8,11-12H2,1-3H3,(H,19,21). The molecule has 6 heteroatoms. The van der Waals surface area contributed by atoms with Crippen LogP contribution in [0.2, 0.25) is 0 Å². The van der Waals surface area contributed by atoms with Crippen molar-refractivity contribution in [3.05, 3.63) is 29.3 Å². The van der Waals surface area contributed by atoms with Crippen LogP contribution in [0.4, 0.5) is 5.69 Å². The van der Waals surface area contributed by atoms with E-state index in [0.717, 1.165) is 36.8 Å². The second-order valence-corrected chi connectivity index (χ2v) is 8.66. The number of nitrogens with one attached hydrogen (secondary N) is 1. The Bertz CT molecular complexity index is 680. The van der Waals surface area contributed by atoms with Gasteiger partial charge in [0.05, 0.1) is 18.5 Å². The highest BCUT2D eigenvalue weighted by Crippen LogP contribution is 2.25. The zero-order valence-corrected chi connectivity index (χ0v) is 15.7. The van der Waals surface area contributed by atoms with Gasteiger partial charge in [0.15, 0.2) is 0 Å². The molecule has 2 rings (SSSR count). The van der Waals surface area contributed by atoms with Gasteiger partial charge in [-0.15, -0.1) is 0 Å². The number of hydrogen-bond acceptors (Lipinski definition) is 3. The van der Waals surface area contributed by atoms with Crippen LogP contribution in [0.3, 0.4) is 0 Å². The molecule has 0 radical (unpaired) electrons. The third-order valence-corrected chi connectivity index (χ3v) is 5.80. The first-order valence-electron chi connectivity index (χ1n) is 8.61. The molecule has 1 aliphatic carbocycles. The van der Waals surface area contributed by atoms with Crippen molar-refractivity contribution in [3.63, 3.8) is 0 Å². The van der Waals surface area contributed by atoms with E-state index in [4.69, 9.17) is 0 Å². The van der Waals surface area contributed by atoms with E-state index in [-0.39, 0.29) is 18.4 Å². The molecule has 0 saturated heterocycles. The summed E-state index contributed by atoms with van der Waals surface area (Å²) in [6.45, 7) is 4.42. The number of rotatable bonds is 6. The minimum atomic E-state index is -3.40. The van der Waals surface area contributed by atoms with E-state index in [9.17, 15) is 13.2 Å². The van der Waals surface area contributed by atoms with Gasteiger partial charge in [0.2, 0.25) is 15.9 Å². The van der Waals surface area contributed by atoms with Crippen molar-refractivity contribution in [2.45, 2.75) is 46.0 Å². The van der Waals surface area contributed by atoms with Crippen molar-refractivity contribution in [2.75, 3.05) is 23.7 Å². The number of carbonyl (C=O) groups excluding carboxylic acids is 1. The Labute approximate surface area is 145 Å². The van der Waals surface area contributed by atoms with Crippen molar-refractivity contribution in [1.29, 1.82) is 0 Å². The number of sulfonamides is 1. The second kappa shape index (κ2) is 8.01. The molecular formula is C18H28N2O3S. The Balaban J connectivity index is 2.02. The van der Waals surface area contributed by atoms with Gasteiger partial charge in [-0.1, -0.05) is 31.4 Å². The fraction of sp³-hybridized carbons (Fsp3) is 0.611. The summed E-state index contributed by atoms with van der Waals surface area (Å²) in [5.41, 5.74) is 2.60. The van der Waals surface area contributed by atoms with Crippen LogP contribution in [-0.2, 0) is 14.8 Å². The summed E-state index contributed by atoms with van der Waals surface area (Å²) >= 11 is 0. The predicted molar refractivity (Wildman–Crippen MR) is 97.7 cm³/mol. The average molecular weight is 353 g/mol. The van der Waals surface area contributed by atoms with Crippen LogP contribution >= 0.6 is 0 Å². The van der Waals surface area contributed by atoms with Crippen molar-refractivity contribution >= 4 is 21.6 Å². The van der Waals surface area contributed by atoms with Gasteiger partial charge in [0, 0.05) is 12.5 Å². The first-order chi connectivity index (χ1) is 11.3. The number of nitrogens with zero attached hydrogens (tertiary/aromatic N) is 1. The first kappa shape index (κ1) is 18.8. The highest BCUT2D eigenvalue weighted by Gasteiger charge is 2.22. The summed E-state index contributed by atoms with van der Waals surface area (Å²) in [5, 5.41) is 2.91. The zero-order valence-electron chi connectivity index (χ0n) is 14.8. The Hall–Kier alpha value is -1.56. The molecule has 1 amide bonds. The zero-order chi connectivity index (χ0) is 17.7. The summed E-state index contributed by atoms with van der Waals surface area (Å²) in [6.07, 6.45) is 6.51. The number of benzene rings is 1. The number of aryl methyl sites for hydroxylation is 2. The van der Waals surface area contributed by atoms with Gasteiger partial charge >= 0.3 is 0 Å². The Morgan fingerprint density at radius 2 is 1.88 bits per heavy atom. The normalized spacial score (nSPS) is 16.0. The van der Waals surface area contributed by atoms with Crippen molar-refractivity contribution in [1.82, 2.24) is 5.32 Å². The fourth-order valence-electron chi connectivity index (χ4n) is 3.24. The highest BCUT2D eigenvalue weighted by molar-refractivity contribution is 7.92. The smallest absolute Gasteiger partial charge is 0.232 e.